The number of pyridine rings is 1. The molecule has 9 nitrogen and oxygen atoms in total. The number of anilines is 1. The fraction of sp³-hybridized carbons (Fsp3) is 0.483. The van der Waals surface area contributed by atoms with Crippen LogP contribution in [0, 0.1) is 11.6 Å². The molecular formula is C29H30F7N5O4. The number of aromatic nitrogens is 1. The van der Waals surface area contributed by atoms with Crippen molar-refractivity contribution in [1.29, 1.82) is 0 Å². The summed E-state index contributed by atoms with van der Waals surface area (Å²) in [7, 11) is 1.86. The van der Waals surface area contributed by atoms with Gasteiger partial charge < -0.3 is 20.3 Å². The van der Waals surface area contributed by atoms with Gasteiger partial charge in [0, 0.05) is 69.4 Å². The maximum Gasteiger partial charge on any atom is 0.417 e. The highest BCUT2D eigenvalue weighted by Crippen LogP contribution is 2.41. The van der Waals surface area contributed by atoms with Crippen LogP contribution in [0.5, 0.6) is 0 Å². The van der Waals surface area contributed by atoms with Crippen molar-refractivity contribution in [2.24, 2.45) is 5.73 Å². The average Bonchev–Trinajstić information content (AvgIpc) is 3.39. The van der Waals surface area contributed by atoms with Gasteiger partial charge in [-0.25, -0.2) is 22.4 Å². The third-order valence-corrected chi connectivity index (χ3v) is 8.56. The fourth-order valence-corrected chi connectivity index (χ4v) is 5.88. The number of rotatable bonds is 5. The Morgan fingerprint density at radius 1 is 1.07 bits per heavy atom. The largest absolute Gasteiger partial charge is 0.446 e. The third-order valence-electron chi connectivity index (χ3n) is 8.56. The Labute approximate surface area is 252 Å². The molecule has 2 N–H and O–H groups in total. The van der Waals surface area contributed by atoms with Crippen LogP contribution in [-0.2, 0) is 10.9 Å². The number of nitrogens with two attached hydrogens (primary N) is 1. The van der Waals surface area contributed by atoms with Crippen LogP contribution in [0.25, 0.3) is 11.3 Å². The monoisotopic (exact) mass is 645 g/mol. The second-order valence-corrected chi connectivity index (χ2v) is 11.7. The van der Waals surface area contributed by atoms with Gasteiger partial charge in [-0.3, -0.25) is 19.1 Å². The minimum Gasteiger partial charge on any atom is -0.446 e. The maximum atomic E-state index is 16.7. The van der Waals surface area contributed by atoms with Gasteiger partial charge >= 0.3 is 12.3 Å². The molecule has 1 aromatic carbocycles. The summed E-state index contributed by atoms with van der Waals surface area (Å²) in [5.74, 6) is -6.88. The summed E-state index contributed by atoms with van der Waals surface area (Å²) in [5.41, 5.74) is -0.344. The molecule has 0 spiro atoms. The van der Waals surface area contributed by atoms with Gasteiger partial charge in [0.15, 0.2) is 5.82 Å². The molecule has 2 amide bonds. The molecule has 2 atom stereocenters. The van der Waals surface area contributed by atoms with Crippen LogP contribution in [0.15, 0.2) is 29.2 Å². The molecule has 2 aromatic rings. The highest BCUT2D eigenvalue weighted by atomic mass is 19.4. The van der Waals surface area contributed by atoms with Crippen molar-refractivity contribution in [3.05, 3.63) is 63.1 Å². The van der Waals surface area contributed by atoms with Crippen LogP contribution in [0.1, 0.15) is 48.2 Å². The number of hydrogen-bond donors (Lipinski definition) is 1. The lowest BCUT2D eigenvalue weighted by Crippen LogP contribution is -2.55. The number of carbonyl (C=O) groups is 2. The molecule has 2 fully saturated rings. The van der Waals surface area contributed by atoms with E-state index >= 15 is 8.78 Å². The van der Waals surface area contributed by atoms with Crippen molar-refractivity contribution in [1.82, 2.24) is 14.4 Å². The van der Waals surface area contributed by atoms with E-state index in [2.05, 4.69) is 0 Å². The molecule has 2 aliphatic heterocycles. The van der Waals surface area contributed by atoms with E-state index in [9.17, 15) is 36.3 Å². The number of benzene rings is 1. The summed E-state index contributed by atoms with van der Waals surface area (Å²) >= 11 is 0. The first-order chi connectivity index (χ1) is 20.9. The van der Waals surface area contributed by atoms with E-state index in [0.717, 1.165) is 11.0 Å². The molecule has 0 bridgehead atoms. The molecule has 1 aliphatic carbocycles. The summed E-state index contributed by atoms with van der Waals surface area (Å²) in [6, 6.07) is 0.805. The van der Waals surface area contributed by atoms with E-state index in [1.165, 1.54) is 6.08 Å². The van der Waals surface area contributed by atoms with Gasteiger partial charge in [-0.1, -0.05) is 6.08 Å². The SMILES string of the molecule is C[C@@H]1CN(c2cc(F)c(C3=CCN(C(=O)OC4CC(F)(F)C4)C3)c(F)c2-n2cc(C(N)=O)c(C(F)(F)F)cc2=O)C[C@H](C)N1C. The van der Waals surface area contributed by atoms with Crippen molar-refractivity contribution >= 4 is 23.3 Å². The fourth-order valence-electron chi connectivity index (χ4n) is 5.88. The van der Waals surface area contributed by atoms with E-state index in [0.29, 0.717) is 10.8 Å². The number of halogens is 7. The number of hydrogen-bond acceptors (Lipinski definition) is 6. The number of carbonyl (C=O) groups excluding carboxylic acids is 2. The van der Waals surface area contributed by atoms with Gasteiger partial charge in [0.25, 0.3) is 17.4 Å². The zero-order chi connectivity index (χ0) is 33.2. The number of nitrogens with zero attached hydrogens (tertiary/aromatic N) is 4. The Morgan fingerprint density at radius 2 is 1.69 bits per heavy atom. The number of primary amides is 1. The zero-order valence-corrected chi connectivity index (χ0v) is 24.4. The maximum absolute atomic E-state index is 16.7. The zero-order valence-electron chi connectivity index (χ0n) is 24.4. The molecule has 16 heteroatoms. The van der Waals surface area contributed by atoms with Gasteiger partial charge in [-0.2, -0.15) is 13.2 Å². The Hall–Kier alpha value is -4.08. The van der Waals surface area contributed by atoms with Gasteiger partial charge in [0.05, 0.1) is 22.4 Å². The summed E-state index contributed by atoms with van der Waals surface area (Å²) < 4.78 is 105. The Bertz CT molecular complexity index is 1620. The molecule has 0 radical (unpaired) electrons. The minimum atomic E-state index is -5.14. The number of likely N-dealkylation sites (N-methyl/N-ethyl adjacent to an activating group) is 1. The van der Waals surface area contributed by atoms with Crippen LogP contribution >= 0.6 is 0 Å². The molecule has 45 heavy (non-hydrogen) atoms. The lowest BCUT2D eigenvalue weighted by atomic mass is 9.91. The highest BCUT2D eigenvalue weighted by molar-refractivity contribution is 5.94. The van der Waals surface area contributed by atoms with Crippen molar-refractivity contribution in [2.45, 2.75) is 57.0 Å². The summed E-state index contributed by atoms with van der Waals surface area (Å²) in [6.45, 7) is 3.62. The normalized spacial score (nSPS) is 22.3. The average molecular weight is 646 g/mol. The van der Waals surface area contributed by atoms with Crippen LogP contribution < -0.4 is 16.2 Å². The van der Waals surface area contributed by atoms with E-state index in [-0.39, 0.29) is 55.6 Å². The quantitative estimate of drug-likeness (QED) is 0.485. The summed E-state index contributed by atoms with van der Waals surface area (Å²) in [4.78, 5) is 42.4. The molecule has 3 heterocycles. The molecule has 1 aromatic heterocycles. The van der Waals surface area contributed by atoms with E-state index < -0.39 is 82.6 Å². The van der Waals surface area contributed by atoms with Gasteiger partial charge in [-0.15, -0.1) is 0 Å². The van der Waals surface area contributed by atoms with Crippen molar-refractivity contribution in [3.63, 3.8) is 0 Å². The second-order valence-electron chi connectivity index (χ2n) is 11.7. The standard InChI is InChI=1S/C29H30F7N5O4/c1-14-10-40(11-15(2)38(14)3)21-7-20(30)23(16-4-5-39(12-16)27(44)45-17-8-28(32,33)9-17)24(31)25(21)41-13-18(26(37)43)19(6-22(41)42)29(34,35)36/h4,6-7,13-15,17H,5,8-12H2,1-3H3,(H2,37,43)/t14-,15+. The Morgan fingerprint density at radius 3 is 2.24 bits per heavy atom. The van der Waals surface area contributed by atoms with Gasteiger partial charge in [0.2, 0.25) is 0 Å². The molecule has 1 saturated carbocycles. The van der Waals surface area contributed by atoms with Gasteiger partial charge in [0.1, 0.15) is 17.6 Å². The lowest BCUT2D eigenvalue weighted by Gasteiger charge is -2.44. The number of ether oxygens (including phenoxy) is 1. The molecule has 5 rings (SSSR count). The van der Waals surface area contributed by atoms with Crippen LogP contribution in [0.2, 0.25) is 0 Å². The summed E-state index contributed by atoms with van der Waals surface area (Å²) in [6.07, 6.45) is -6.59. The smallest absolute Gasteiger partial charge is 0.417 e. The Balaban J connectivity index is 1.60. The molecule has 244 valence electrons. The molecule has 3 aliphatic rings. The highest BCUT2D eigenvalue weighted by Gasteiger charge is 2.48. The predicted octanol–water partition coefficient (Wildman–Crippen LogP) is 4.40. The van der Waals surface area contributed by atoms with Crippen molar-refractivity contribution < 1.29 is 45.1 Å². The third kappa shape index (κ3) is 6.11. The van der Waals surface area contributed by atoms with Crippen LogP contribution in [-0.4, -0.2) is 83.7 Å². The predicted molar refractivity (Wildman–Crippen MR) is 148 cm³/mol. The van der Waals surface area contributed by atoms with Crippen LogP contribution in [0.4, 0.5) is 41.2 Å². The molecular weight excluding hydrogens is 615 g/mol. The number of alkyl halides is 5. The van der Waals surface area contributed by atoms with Crippen LogP contribution in [0.3, 0.4) is 0 Å². The molecule has 1 saturated heterocycles. The Kier molecular flexibility index (Phi) is 8.17. The summed E-state index contributed by atoms with van der Waals surface area (Å²) in [5, 5.41) is 0. The first-order valence-corrected chi connectivity index (χ1v) is 14.0. The first-order valence-electron chi connectivity index (χ1n) is 14.0. The number of amides is 2. The van der Waals surface area contributed by atoms with E-state index in [4.69, 9.17) is 10.5 Å². The minimum absolute atomic E-state index is 0.0520. The van der Waals surface area contributed by atoms with Crippen molar-refractivity contribution in [2.75, 3.05) is 38.1 Å². The number of piperazine rings is 1. The topological polar surface area (TPSA) is 101 Å². The van der Waals surface area contributed by atoms with Crippen molar-refractivity contribution in [3.8, 4) is 5.69 Å². The van der Waals surface area contributed by atoms with Gasteiger partial charge in [-0.05, 0) is 26.5 Å². The molecule has 0 unspecified atom stereocenters. The second kappa shape index (κ2) is 11.4. The van der Waals surface area contributed by atoms with E-state index in [1.807, 2.05) is 25.8 Å². The van der Waals surface area contributed by atoms with E-state index in [1.54, 1.807) is 4.90 Å². The lowest BCUT2D eigenvalue weighted by molar-refractivity contribution is -0.147. The first kappa shape index (κ1) is 32.3.